The Bertz CT molecular complexity index is 760. The van der Waals surface area contributed by atoms with Gasteiger partial charge in [-0.05, 0) is 24.6 Å². The summed E-state index contributed by atoms with van der Waals surface area (Å²) in [5.41, 5.74) is 1.04. The molecular weight excluding hydrogens is 380 g/mol. The zero-order valence-corrected chi connectivity index (χ0v) is 16.4. The lowest BCUT2D eigenvalue weighted by atomic mass is 10.2. The van der Waals surface area contributed by atoms with Gasteiger partial charge in [-0.3, -0.25) is 4.99 Å². The minimum Gasteiger partial charge on any atom is -0.489 e. The van der Waals surface area contributed by atoms with Gasteiger partial charge in [0.15, 0.2) is 17.5 Å². The second-order valence-corrected chi connectivity index (χ2v) is 6.22. The number of nitrogens with zero attached hydrogens (tertiary/aromatic N) is 1. The van der Waals surface area contributed by atoms with Crippen molar-refractivity contribution in [2.75, 3.05) is 32.8 Å². The number of aliphatic hydroxyl groups is 1. The Labute approximate surface area is 169 Å². The van der Waals surface area contributed by atoms with Gasteiger partial charge in [-0.2, -0.15) is 0 Å². The molecule has 0 radical (unpaired) electrons. The summed E-state index contributed by atoms with van der Waals surface area (Å²) in [4.78, 5) is 4.30. The van der Waals surface area contributed by atoms with E-state index in [-0.39, 0.29) is 25.5 Å². The molecule has 29 heavy (non-hydrogen) atoms. The molecule has 2 aromatic rings. The lowest BCUT2D eigenvalue weighted by Gasteiger charge is -2.14. The third-order valence-corrected chi connectivity index (χ3v) is 3.77. The summed E-state index contributed by atoms with van der Waals surface area (Å²) >= 11 is 0. The van der Waals surface area contributed by atoms with Gasteiger partial charge in [-0.15, -0.1) is 0 Å². The van der Waals surface area contributed by atoms with Crippen molar-refractivity contribution in [3.63, 3.8) is 0 Å². The fourth-order valence-corrected chi connectivity index (χ4v) is 2.40. The van der Waals surface area contributed by atoms with E-state index in [9.17, 15) is 13.9 Å². The van der Waals surface area contributed by atoms with Gasteiger partial charge >= 0.3 is 0 Å². The van der Waals surface area contributed by atoms with Crippen LogP contribution >= 0.6 is 0 Å². The Morgan fingerprint density at radius 2 is 1.93 bits per heavy atom. The Balaban J connectivity index is 1.69. The molecule has 0 bridgehead atoms. The molecule has 0 saturated carbocycles. The lowest BCUT2D eigenvalue weighted by Crippen LogP contribution is -2.40. The summed E-state index contributed by atoms with van der Waals surface area (Å²) in [6, 6.07) is 12.9. The Hall–Kier alpha value is -2.71. The topological polar surface area (TPSA) is 75.1 Å². The predicted molar refractivity (Wildman–Crippen MR) is 108 cm³/mol. The molecule has 1 atom stereocenters. The van der Waals surface area contributed by atoms with Crippen LogP contribution in [0.1, 0.15) is 12.5 Å². The number of hydrogen-bond donors (Lipinski definition) is 3. The molecule has 8 heteroatoms. The number of nitrogens with one attached hydrogen (secondary N) is 2. The average Bonchev–Trinajstić information content (AvgIpc) is 2.71. The Morgan fingerprint density at radius 1 is 1.14 bits per heavy atom. The van der Waals surface area contributed by atoms with Crippen molar-refractivity contribution in [2.45, 2.75) is 19.6 Å². The first kappa shape index (κ1) is 22.6. The Kier molecular flexibility index (Phi) is 9.88. The molecule has 0 aromatic heterocycles. The molecule has 0 amide bonds. The summed E-state index contributed by atoms with van der Waals surface area (Å²) in [5, 5.41) is 16.1. The highest BCUT2D eigenvalue weighted by atomic mass is 19.1. The van der Waals surface area contributed by atoms with Crippen molar-refractivity contribution < 1.29 is 23.4 Å². The summed E-state index contributed by atoms with van der Waals surface area (Å²) in [6.07, 6.45) is -0.737. The number of hydrogen-bond acceptors (Lipinski definition) is 4. The van der Waals surface area contributed by atoms with Crippen LogP contribution in [0.4, 0.5) is 8.78 Å². The SMILES string of the molecule is CCNC(=NCC(O)COCc1ccccc1)NCCOc1ccc(F)cc1F. The number of rotatable bonds is 11. The maximum atomic E-state index is 13.5. The van der Waals surface area contributed by atoms with Gasteiger partial charge < -0.3 is 25.2 Å². The fourth-order valence-electron chi connectivity index (χ4n) is 2.40. The van der Waals surface area contributed by atoms with Crippen LogP contribution in [-0.4, -0.2) is 50.0 Å². The smallest absolute Gasteiger partial charge is 0.191 e. The molecule has 0 spiro atoms. The van der Waals surface area contributed by atoms with E-state index in [2.05, 4.69) is 15.6 Å². The van der Waals surface area contributed by atoms with Gasteiger partial charge in [-0.25, -0.2) is 8.78 Å². The van der Waals surface area contributed by atoms with Gasteiger partial charge in [-0.1, -0.05) is 30.3 Å². The molecule has 1 unspecified atom stereocenters. The minimum absolute atomic E-state index is 0.0128. The molecular formula is C21H27F2N3O3. The molecule has 3 N–H and O–H groups in total. The predicted octanol–water partition coefficient (Wildman–Crippen LogP) is 2.48. The third-order valence-electron chi connectivity index (χ3n) is 3.77. The van der Waals surface area contributed by atoms with E-state index in [1.807, 2.05) is 37.3 Å². The lowest BCUT2D eigenvalue weighted by molar-refractivity contribution is 0.0331. The van der Waals surface area contributed by atoms with Crippen molar-refractivity contribution in [1.82, 2.24) is 10.6 Å². The molecule has 158 valence electrons. The molecule has 0 saturated heterocycles. The number of guanidine groups is 1. The van der Waals surface area contributed by atoms with E-state index in [0.29, 0.717) is 25.7 Å². The number of aliphatic hydroxyl groups excluding tert-OH is 1. The van der Waals surface area contributed by atoms with E-state index >= 15 is 0 Å². The highest BCUT2D eigenvalue weighted by molar-refractivity contribution is 5.79. The second-order valence-electron chi connectivity index (χ2n) is 6.22. The van der Waals surface area contributed by atoms with E-state index in [0.717, 1.165) is 17.7 Å². The highest BCUT2D eigenvalue weighted by Crippen LogP contribution is 2.17. The van der Waals surface area contributed by atoms with Crippen LogP contribution in [0.2, 0.25) is 0 Å². The van der Waals surface area contributed by atoms with Crippen LogP contribution in [0, 0.1) is 11.6 Å². The van der Waals surface area contributed by atoms with Crippen molar-refractivity contribution in [3.8, 4) is 5.75 Å². The van der Waals surface area contributed by atoms with Gasteiger partial charge in [0.25, 0.3) is 0 Å². The molecule has 2 aromatic carbocycles. The van der Waals surface area contributed by atoms with E-state index in [1.54, 1.807) is 0 Å². The van der Waals surface area contributed by atoms with Gasteiger partial charge in [0.2, 0.25) is 0 Å². The van der Waals surface area contributed by atoms with Gasteiger partial charge in [0.1, 0.15) is 12.4 Å². The number of aliphatic imine (C=N–C) groups is 1. The fraction of sp³-hybridized carbons (Fsp3) is 0.381. The normalized spacial score (nSPS) is 12.5. The summed E-state index contributed by atoms with van der Waals surface area (Å²) in [6.45, 7) is 3.83. The van der Waals surface area contributed by atoms with Crippen LogP contribution in [-0.2, 0) is 11.3 Å². The maximum absolute atomic E-state index is 13.5. The molecule has 0 aliphatic heterocycles. The zero-order valence-electron chi connectivity index (χ0n) is 16.4. The van der Waals surface area contributed by atoms with Crippen molar-refractivity contribution in [1.29, 1.82) is 0 Å². The van der Waals surface area contributed by atoms with Crippen molar-refractivity contribution in [3.05, 3.63) is 65.7 Å². The van der Waals surface area contributed by atoms with Crippen LogP contribution < -0.4 is 15.4 Å². The first-order chi connectivity index (χ1) is 14.1. The molecule has 2 rings (SSSR count). The molecule has 0 aliphatic rings. The molecule has 0 aliphatic carbocycles. The maximum Gasteiger partial charge on any atom is 0.191 e. The number of benzene rings is 2. The largest absolute Gasteiger partial charge is 0.489 e. The molecule has 0 fully saturated rings. The highest BCUT2D eigenvalue weighted by Gasteiger charge is 2.07. The van der Waals surface area contributed by atoms with Crippen LogP contribution in [0.15, 0.2) is 53.5 Å². The first-order valence-electron chi connectivity index (χ1n) is 9.48. The first-order valence-corrected chi connectivity index (χ1v) is 9.48. The van der Waals surface area contributed by atoms with Crippen LogP contribution in [0.25, 0.3) is 0 Å². The average molecular weight is 407 g/mol. The monoisotopic (exact) mass is 407 g/mol. The number of ether oxygens (including phenoxy) is 2. The number of halogens is 2. The van der Waals surface area contributed by atoms with Gasteiger partial charge in [0, 0.05) is 12.6 Å². The molecule has 6 nitrogen and oxygen atoms in total. The van der Waals surface area contributed by atoms with E-state index in [1.165, 1.54) is 6.07 Å². The van der Waals surface area contributed by atoms with E-state index in [4.69, 9.17) is 9.47 Å². The third kappa shape index (κ3) is 8.89. The second kappa shape index (κ2) is 12.7. The summed E-state index contributed by atoms with van der Waals surface area (Å²) in [7, 11) is 0. The van der Waals surface area contributed by atoms with Crippen LogP contribution in [0.3, 0.4) is 0 Å². The zero-order chi connectivity index (χ0) is 20.9. The standard InChI is InChI=1S/C21H27F2N3O3/c1-2-24-21(25-10-11-29-20-9-8-17(22)12-19(20)23)26-13-18(27)15-28-14-16-6-4-3-5-7-16/h3-9,12,18,27H,2,10-11,13-15H2,1H3,(H2,24,25,26). The minimum atomic E-state index is -0.746. The van der Waals surface area contributed by atoms with Crippen molar-refractivity contribution >= 4 is 5.96 Å². The Morgan fingerprint density at radius 3 is 2.66 bits per heavy atom. The summed E-state index contributed by atoms with van der Waals surface area (Å²) < 4.78 is 37.2. The van der Waals surface area contributed by atoms with Gasteiger partial charge in [0.05, 0.1) is 32.4 Å². The summed E-state index contributed by atoms with van der Waals surface area (Å²) in [5.74, 6) is -0.913. The van der Waals surface area contributed by atoms with E-state index < -0.39 is 17.7 Å². The van der Waals surface area contributed by atoms with Crippen molar-refractivity contribution in [2.24, 2.45) is 4.99 Å². The molecule has 0 heterocycles. The quantitative estimate of drug-likeness (QED) is 0.303. The van der Waals surface area contributed by atoms with Crippen LogP contribution in [0.5, 0.6) is 5.75 Å².